The molecule has 0 saturated carbocycles. The molecule has 102 valence electrons. The van der Waals surface area contributed by atoms with Gasteiger partial charge in [0.2, 0.25) is 0 Å². The second-order valence-corrected chi connectivity index (χ2v) is 5.96. The molecule has 0 fully saturated rings. The van der Waals surface area contributed by atoms with Crippen LogP contribution in [0.4, 0.5) is 0 Å². The molecule has 3 aromatic rings. The highest BCUT2D eigenvalue weighted by atomic mass is 14.2. The van der Waals surface area contributed by atoms with Crippen LogP contribution in [0.3, 0.4) is 0 Å². The van der Waals surface area contributed by atoms with Crippen LogP contribution in [0, 0.1) is 13.8 Å². The molecule has 0 nitrogen and oxygen atoms in total. The van der Waals surface area contributed by atoms with E-state index in [9.17, 15) is 0 Å². The third-order valence-corrected chi connectivity index (χ3v) is 4.64. The van der Waals surface area contributed by atoms with E-state index in [0.29, 0.717) is 0 Å². The maximum Gasteiger partial charge on any atom is -0.00106 e. The van der Waals surface area contributed by atoms with E-state index >= 15 is 0 Å². The molecule has 0 saturated heterocycles. The lowest BCUT2D eigenvalue weighted by Crippen LogP contribution is -1.91. The van der Waals surface area contributed by atoms with Crippen LogP contribution < -0.4 is 0 Å². The Bertz CT molecular complexity index is 823. The maximum absolute atomic E-state index is 2.29. The monoisotopic (exact) mass is 270 g/mol. The van der Waals surface area contributed by atoms with Gasteiger partial charge in [0.1, 0.15) is 0 Å². The van der Waals surface area contributed by atoms with E-state index < -0.39 is 0 Å². The van der Waals surface area contributed by atoms with Crippen LogP contribution in [-0.4, -0.2) is 0 Å². The van der Waals surface area contributed by atoms with Crippen molar-refractivity contribution in [2.75, 3.05) is 0 Å². The smallest absolute Gasteiger partial charge is 0.00106 e. The van der Waals surface area contributed by atoms with Gasteiger partial charge < -0.3 is 0 Å². The van der Waals surface area contributed by atoms with E-state index in [4.69, 9.17) is 0 Å². The Morgan fingerprint density at radius 2 is 1.38 bits per heavy atom. The minimum Gasteiger partial charge on any atom is -0.0619 e. The van der Waals surface area contributed by atoms with Crippen molar-refractivity contribution in [1.82, 2.24) is 0 Å². The number of hydrogen-bond acceptors (Lipinski definition) is 0. The summed E-state index contributed by atoms with van der Waals surface area (Å²) in [4.78, 5) is 0. The highest BCUT2D eigenvalue weighted by Gasteiger charge is 2.21. The van der Waals surface area contributed by atoms with Gasteiger partial charge in [0, 0.05) is 0 Å². The standard InChI is InChI=1S/C21H18/c1-14-7-9-16(10-8-14)18-11-12-20-19-6-4-3-5-17(19)13-21(20)15(18)2/h3-12H,13H2,1-2H3. The van der Waals surface area contributed by atoms with Crippen molar-refractivity contribution in [3.63, 3.8) is 0 Å². The lowest BCUT2D eigenvalue weighted by molar-refractivity contribution is 1.22. The van der Waals surface area contributed by atoms with E-state index in [2.05, 4.69) is 74.5 Å². The molecule has 1 aliphatic rings. The van der Waals surface area contributed by atoms with Crippen molar-refractivity contribution < 1.29 is 0 Å². The molecule has 0 atom stereocenters. The number of rotatable bonds is 1. The van der Waals surface area contributed by atoms with Gasteiger partial charge in [0.25, 0.3) is 0 Å². The summed E-state index contributed by atoms with van der Waals surface area (Å²) in [7, 11) is 0. The lowest BCUT2D eigenvalue weighted by atomic mass is 9.93. The molecule has 1 aliphatic carbocycles. The lowest BCUT2D eigenvalue weighted by Gasteiger charge is -2.12. The second-order valence-electron chi connectivity index (χ2n) is 5.96. The Kier molecular flexibility index (Phi) is 2.71. The number of hydrogen-bond donors (Lipinski definition) is 0. The normalized spacial score (nSPS) is 12.1. The summed E-state index contributed by atoms with van der Waals surface area (Å²) in [5.41, 5.74) is 11.2. The van der Waals surface area contributed by atoms with Gasteiger partial charge >= 0.3 is 0 Å². The predicted molar refractivity (Wildman–Crippen MR) is 89.6 cm³/mol. The van der Waals surface area contributed by atoms with Crippen molar-refractivity contribution in [3.05, 3.63) is 82.9 Å². The van der Waals surface area contributed by atoms with Crippen LogP contribution in [0.5, 0.6) is 0 Å². The average molecular weight is 270 g/mol. The van der Waals surface area contributed by atoms with Gasteiger partial charge in [-0.25, -0.2) is 0 Å². The topological polar surface area (TPSA) is 0 Å². The summed E-state index contributed by atoms with van der Waals surface area (Å²) >= 11 is 0. The largest absolute Gasteiger partial charge is 0.0619 e. The summed E-state index contributed by atoms with van der Waals surface area (Å²) < 4.78 is 0. The van der Waals surface area contributed by atoms with Crippen molar-refractivity contribution >= 4 is 0 Å². The molecular weight excluding hydrogens is 252 g/mol. The van der Waals surface area contributed by atoms with E-state index in [1.807, 2.05) is 0 Å². The number of benzene rings is 3. The van der Waals surface area contributed by atoms with Crippen molar-refractivity contribution in [2.24, 2.45) is 0 Å². The Hall–Kier alpha value is -2.34. The molecule has 0 aromatic heterocycles. The fraction of sp³-hybridized carbons (Fsp3) is 0.143. The predicted octanol–water partition coefficient (Wildman–Crippen LogP) is 5.54. The first kappa shape index (κ1) is 12.4. The molecular formula is C21H18. The molecule has 4 rings (SSSR count). The summed E-state index contributed by atoms with van der Waals surface area (Å²) in [6, 6.07) is 22.2. The fourth-order valence-corrected chi connectivity index (χ4v) is 3.41. The summed E-state index contributed by atoms with van der Waals surface area (Å²) in [6.45, 7) is 4.40. The first-order valence-corrected chi connectivity index (χ1v) is 7.52. The quantitative estimate of drug-likeness (QED) is 0.426. The Balaban J connectivity index is 1.88. The van der Waals surface area contributed by atoms with Crippen LogP contribution >= 0.6 is 0 Å². The Labute approximate surface area is 126 Å². The zero-order valence-electron chi connectivity index (χ0n) is 12.5. The van der Waals surface area contributed by atoms with E-state index in [1.54, 1.807) is 0 Å². The van der Waals surface area contributed by atoms with E-state index in [1.165, 1.54) is 44.5 Å². The molecule has 0 N–H and O–H groups in total. The molecule has 0 heterocycles. The van der Waals surface area contributed by atoms with Gasteiger partial charge in [-0.05, 0) is 59.2 Å². The van der Waals surface area contributed by atoms with Gasteiger partial charge in [0.15, 0.2) is 0 Å². The van der Waals surface area contributed by atoms with Crippen LogP contribution in [-0.2, 0) is 6.42 Å². The third kappa shape index (κ3) is 1.91. The Morgan fingerprint density at radius 3 is 2.19 bits per heavy atom. The maximum atomic E-state index is 2.29. The fourth-order valence-electron chi connectivity index (χ4n) is 3.41. The SMILES string of the molecule is Cc1ccc(-c2ccc3c(c2C)Cc2ccccc2-3)cc1. The van der Waals surface area contributed by atoms with Gasteiger partial charge in [-0.3, -0.25) is 0 Å². The molecule has 0 radical (unpaired) electrons. The summed E-state index contributed by atoms with van der Waals surface area (Å²) in [6.07, 6.45) is 1.07. The minimum atomic E-state index is 1.07. The summed E-state index contributed by atoms with van der Waals surface area (Å²) in [5, 5.41) is 0. The molecule has 0 bridgehead atoms. The molecule has 0 amide bonds. The third-order valence-electron chi connectivity index (χ3n) is 4.64. The van der Waals surface area contributed by atoms with Crippen LogP contribution in [0.25, 0.3) is 22.3 Å². The molecule has 0 heteroatoms. The highest BCUT2D eigenvalue weighted by Crippen LogP contribution is 2.41. The molecule has 0 unspecified atom stereocenters. The van der Waals surface area contributed by atoms with Gasteiger partial charge in [-0.15, -0.1) is 0 Å². The Morgan fingerprint density at radius 1 is 0.667 bits per heavy atom. The molecule has 0 aliphatic heterocycles. The number of aryl methyl sites for hydroxylation is 1. The zero-order chi connectivity index (χ0) is 14.4. The minimum absolute atomic E-state index is 1.07. The van der Waals surface area contributed by atoms with Gasteiger partial charge in [0.05, 0.1) is 0 Å². The van der Waals surface area contributed by atoms with Crippen LogP contribution in [0.1, 0.15) is 22.3 Å². The van der Waals surface area contributed by atoms with Crippen molar-refractivity contribution in [2.45, 2.75) is 20.3 Å². The summed E-state index contributed by atoms with van der Waals surface area (Å²) in [5.74, 6) is 0. The zero-order valence-corrected chi connectivity index (χ0v) is 12.5. The van der Waals surface area contributed by atoms with Gasteiger partial charge in [-0.2, -0.15) is 0 Å². The molecule has 0 spiro atoms. The second kappa shape index (κ2) is 4.60. The van der Waals surface area contributed by atoms with E-state index in [-0.39, 0.29) is 0 Å². The highest BCUT2D eigenvalue weighted by molar-refractivity contribution is 5.82. The van der Waals surface area contributed by atoms with Crippen molar-refractivity contribution in [3.8, 4) is 22.3 Å². The van der Waals surface area contributed by atoms with Crippen LogP contribution in [0.2, 0.25) is 0 Å². The van der Waals surface area contributed by atoms with E-state index in [0.717, 1.165) is 6.42 Å². The first-order valence-electron chi connectivity index (χ1n) is 7.52. The number of fused-ring (bicyclic) bond motifs is 3. The van der Waals surface area contributed by atoms with Crippen LogP contribution in [0.15, 0.2) is 60.7 Å². The van der Waals surface area contributed by atoms with Gasteiger partial charge in [-0.1, -0.05) is 66.2 Å². The average Bonchev–Trinajstić information content (AvgIpc) is 2.89. The molecule has 3 aromatic carbocycles. The first-order chi connectivity index (χ1) is 10.2. The molecule has 21 heavy (non-hydrogen) atoms. The van der Waals surface area contributed by atoms with Crippen molar-refractivity contribution in [1.29, 1.82) is 0 Å².